The number of amides is 2. The summed E-state index contributed by atoms with van der Waals surface area (Å²) in [6.45, 7) is 0. The van der Waals surface area contributed by atoms with Gasteiger partial charge in [0, 0.05) is 16.5 Å². The lowest BCUT2D eigenvalue weighted by molar-refractivity contribution is -0.0226. The van der Waals surface area contributed by atoms with Gasteiger partial charge < -0.3 is 10.6 Å². The maximum absolute atomic E-state index is 12.9. The average molecular weight is 429 g/mol. The Kier molecular flexibility index (Phi) is 4.79. The van der Waals surface area contributed by atoms with E-state index >= 15 is 0 Å². The van der Waals surface area contributed by atoms with Crippen molar-refractivity contribution in [3.63, 3.8) is 0 Å². The molecule has 5 heteroatoms. The first-order chi connectivity index (χ1) is 13.9. The molecule has 0 saturated heterocycles. The molecule has 1 unspecified atom stereocenters. The molecule has 4 aliphatic rings. The molecule has 6 rings (SSSR count). The molecule has 29 heavy (non-hydrogen) atoms. The molecule has 6 atom stereocenters. The van der Waals surface area contributed by atoms with Gasteiger partial charge in [0.2, 0.25) is 0 Å². The number of rotatable bonds is 4. The molecule has 4 bridgehead atoms. The zero-order chi connectivity index (χ0) is 20.1. The third kappa shape index (κ3) is 3.64. The maximum atomic E-state index is 12.9. The van der Waals surface area contributed by atoms with Crippen LogP contribution in [0.15, 0.2) is 60.7 Å². The minimum atomic E-state index is -0.355. The zero-order valence-electron chi connectivity index (χ0n) is 16.3. The number of carbonyl (C=O) groups is 1. The van der Waals surface area contributed by atoms with E-state index in [4.69, 9.17) is 23.2 Å². The topological polar surface area (TPSA) is 41.1 Å². The summed E-state index contributed by atoms with van der Waals surface area (Å²) < 4.78 is 0. The highest BCUT2D eigenvalue weighted by atomic mass is 35.5. The Morgan fingerprint density at radius 1 is 0.966 bits per heavy atom. The predicted molar refractivity (Wildman–Crippen MR) is 119 cm³/mol. The molecule has 4 saturated carbocycles. The van der Waals surface area contributed by atoms with Crippen molar-refractivity contribution < 1.29 is 4.79 Å². The highest BCUT2D eigenvalue weighted by Gasteiger charge is 2.63. The lowest BCUT2D eigenvalue weighted by Crippen LogP contribution is -2.62. The molecule has 2 amide bonds. The Balaban J connectivity index is 1.45. The largest absolute Gasteiger partial charge is 0.331 e. The van der Waals surface area contributed by atoms with Gasteiger partial charge in [-0.2, -0.15) is 0 Å². The smallest absolute Gasteiger partial charge is 0.319 e. The number of halogens is 2. The number of nitrogens with one attached hydrogen (secondary N) is 2. The van der Waals surface area contributed by atoms with Crippen molar-refractivity contribution in [2.24, 2.45) is 17.8 Å². The molecule has 2 N–H and O–H groups in total. The summed E-state index contributed by atoms with van der Waals surface area (Å²) in [6, 6.07) is 19.5. The normalized spacial score (nSPS) is 35.9. The average Bonchev–Trinajstić information content (AvgIpc) is 2.66. The van der Waals surface area contributed by atoms with E-state index in [9.17, 15) is 4.79 Å². The van der Waals surface area contributed by atoms with Crippen LogP contribution in [0.3, 0.4) is 0 Å². The molecule has 0 spiro atoms. The molecule has 0 aliphatic heterocycles. The molecular formula is C24H26Cl2N2O. The van der Waals surface area contributed by atoms with Crippen molar-refractivity contribution in [3.8, 4) is 0 Å². The predicted octanol–water partition coefficient (Wildman–Crippen LogP) is 6.34. The van der Waals surface area contributed by atoms with Crippen molar-refractivity contribution in [3.05, 3.63) is 66.2 Å². The molecule has 2 aromatic rings. The molecule has 0 aromatic heterocycles. The summed E-state index contributed by atoms with van der Waals surface area (Å²) in [4.78, 5) is 12.4. The summed E-state index contributed by atoms with van der Waals surface area (Å²) in [7, 11) is 0. The molecular weight excluding hydrogens is 403 g/mol. The van der Waals surface area contributed by atoms with Crippen LogP contribution in [-0.4, -0.2) is 15.8 Å². The van der Waals surface area contributed by atoms with Crippen molar-refractivity contribution in [2.45, 2.75) is 47.9 Å². The lowest BCUT2D eigenvalue weighted by Gasteiger charge is -2.63. The number of para-hydroxylation sites is 1. The quantitative estimate of drug-likeness (QED) is 0.547. The van der Waals surface area contributed by atoms with Crippen LogP contribution in [0.1, 0.15) is 43.7 Å². The van der Waals surface area contributed by atoms with Crippen molar-refractivity contribution >= 4 is 34.9 Å². The van der Waals surface area contributed by atoms with Gasteiger partial charge in [0.1, 0.15) is 0 Å². The van der Waals surface area contributed by atoms with Gasteiger partial charge in [-0.25, -0.2) is 4.79 Å². The first-order valence-electron chi connectivity index (χ1n) is 10.5. The SMILES string of the molecule is O=C(Nc1ccccc1)N[C@@H](c1ccccc1)[C@H]1[C@H]2C[C@H]3CC1(Cl)C[C@](Cl)(C3)C2. The second-order valence-corrected chi connectivity index (χ2v) is 10.8. The van der Waals surface area contributed by atoms with E-state index < -0.39 is 0 Å². The van der Waals surface area contributed by atoms with Crippen LogP contribution in [0.25, 0.3) is 0 Å². The van der Waals surface area contributed by atoms with Crippen molar-refractivity contribution in [1.29, 1.82) is 0 Å². The fraction of sp³-hybridized carbons (Fsp3) is 0.458. The molecule has 3 nitrogen and oxygen atoms in total. The Morgan fingerprint density at radius 3 is 2.31 bits per heavy atom. The highest BCUT2D eigenvalue weighted by molar-refractivity contribution is 6.28. The first-order valence-corrected chi connectivity index (χ1v) is 11.3. The van der Waals surface area contributed by atoms with Crippen LogP contribution in [-0.2, 0) is 0 Å². The number of carbonyl (C=O) groups excluding carboxylic acids is 1. The molecule has 152 valence electrons. The monoisotopic (exact) mass is 428 g/mol. The summed E-state index contributed by atoms with van der Waals surface area (Å²) >= 11 is 14.3. The maximum Gasteiger partial charge on any atom is 0.319 e. The molecule has 2 aromatic carbocycles. The van der Waals surface area contributed by atoms with Crippen LogP contribution < -0.4 is 10.6 Å². The van der Waals surface area contributed by atoms with E-state index in [2.05, 4.69) is 22.8 Å². The summed E-state index contributed by atoms with van der Waals surface area (Å²) in [5.74, 6) is 1.23. The molecule has 0 radical (unpaired) electrons. The number of anilines is 1. The molecule has 4 fully saturated rings. The van der Waals surface area contributed by atoms with Crippen LogP contribution >= 0.6 is 23.2 Å². The van der Waals surface area contributed by atoms with Crippen LogP contribution in [0.5, 0.6) is 0 Å². The van der Waals surface area contributed by atoms with Gasteiger partial charge >= 0.3 is 6.03 Å². The fourth-order valence-corrected chi connectivity index (χ4v) is 7.94. The van der Waals surface area contributed by atoms with E-state index in [1.54, 1.807) is 0 Å². The molecule has 0 heterocycles. The van der Waals surface area contributed by atoms with E-state index in [1.165, 1.54) is 6.42 Å². The lowest BCUT2D eigenvalue weighted by atomic mass is 9.49. The highest BCUT2D eigenvalue weighted by Crippen LogP contribution is 2.66. The van der Waals surface area contributed by atoms with Gasteiger partial charge in [-0.1, -0.05) is 48.5 Å². The van der Waals surface area contributed by atoms with Crippen molar-refractivity contribution in [2.75, 3.05) is 5.32 Å². The Morgan fingerprint density at radius 2 is 1.66 bits per heavy atom. The summed E-state index contributed by atoms with van der Waals surface area (Å²) in [6.07, 6.45) is 5.07. The van der Waals surface area contributed by atoms with E-state index in [1.807, 2.05) is 48.5 Å². The minimum Gasteiger partial charge on any atom is -0.331 e. The van der Waals surface area contributed by atoms with Gasteiger partial charge in [-0.05, 0) is 61.6 Å². The van der Waals surface area contributed by atoms with Crippen LogP contribution in [0.4, 0.5) is 10.5 Å². The second-order valence-electron chi connectivity index (χ2n) is 9.22. The van der Waals surface area contributed by atoms with Gasteiger partial charge in [0.05, 0.1) is 10.9 Å². The Bertz CT molecular complexity index is 892. The summed E-state index contributed by atoms with van der Waals surface area (Å²) in [5.41, 5.74) is 1.89. The standard InChI is InChI=1S/C24H26Cl2N2O/c25-23-12-16-11-18(14-23)20(24(26,13-16)15-23)21(17-7-3-1-4-8-17)28-22(29)27-19-9-5-2-6-10-19/h1-10,16,18,20-21H,11-15H2,(H2,27,28,29)/t16-,18+,20-,21+,23+,24?/m1/s1. The number of benzene rings is 2. The van der Waals surface area contributed by atoms with Crippen molar-refractivity contribution in [1.82, 2.24) is 5.32 Å². The fourth-order valence-electron chi connectivity index (χ4n) is 6.44. The van der Waals surface area contributed by atoms with E-state index in [0.29, 0.717) is 11.8 Å². The first kappa shape index (κ1) is 19.3. The van der Waals surface area contributed by atoms with Crippen LogP contribution in [0, 0.1) is 17.8 Å². The number of alkyl halides is 2. The zero-order valence-corrected chi connectivity index (χ0v) is 17.8. The third-order valence-electron chi connectivity index (χ3n) is 7.10. The summed E-state index contributed by atoms with van der Waals surface area (Å²) in [5, 5.41) is 6.24. The van der Waals surface area contributed by atoms with Gasteiger partial charge in [0.15, 0.2) is 0 Å². The third-order valence-corrected chi connectivity index (χ3v) is 8.08. The second kappa shape index (κ2) is 7.21. The molecule has 4 aliphatic carbocycles. The van der Waals surface area contributed by atoms with Gasteiger partial charge in [-0.3, -0.25) is 0 Å². The number of hydrogen-bond acceptors (Lipinski definition) is 1. The van der Waals surface area contributed by atoms with Gasteiger partial charge in [-0.15, -0.1) is 23.2 Å². The van der Waals surface area contributed by atoms with Gasteiger partial charge in [0.25, 0.3) is 0 Å². The minimum absolute atomic E-state index is 0.136. The number of hydrogen-bond donors (Lipinski definition) is 2. The Labute approximate surface area is 182 Å². The van der Waals surface area contributed by atoms with E-state index in [0.717, 1.165) is 36.9 Å². The Hall–Kier alpha value is -1.71. The van der Waals surface area contributed by atoms with Crippen LogP contribution in [0.2, 0.25) is 0 Å². The number of urea groups is 1. The van der Waals surface area contributed by atoms with E-state index in [-0.39, 0.29) is 27.7 Å².